The Bertz CT molecular complexity index is 355. The van der Waals surface area contributed by atoms with E-state index < -0.39 is 30.2 Å². The Labute approximate surface area is 99.3 Å². The van der Waals surface area contributed by atoms with Gasteiger partial charge in [0.05, 0.1) is 22.0 Å². The Morgan fingerprint density at radius 2 is 1.00 bits per heavy atom. The molecule has 0 fully saturated rings. The summed E-state index contributed by atoms with van der Waals surface area (Å²) in [7, 11) is -6.53. The first kappa shape index (κ1) is 15.9. The fourth-order valence-electron chi connectivity index (χ4n) is 1.14. The SMILES string of the molecule is CCC(C)S(=O)(=O)CCS(=O)(=O)C(C)CC. The van der Waals surface area contributed by atoms with Crippen molar-refractivity contribution in [2.24, 2.45) is 0 Å². The summed E-state index contributed by atoms with van der Waals surface area (Å²) < 4.78 is 46.6. The molecule has 0 saturated carbocycles. The molecule has 2 atom stereocenters. The van der Waals surface area contributed by atoms with Gasteiger partial charge in [-0.05, 0) is 26.7 Å². The van der Waals surface area contributed by atoms with E-state index in [9.17, 15) is 16.8 Å². The number of rotatable bonds is 7. The van der Waals surface area contributed by atoms with Gasteiger partial charge >= 0.3 is 0 Å². The predicted octanol–water partition coefficient (Wildman–Crippen LogP) is 1.41. The molecule has 0 saturated heterocycles. The molecule has 0 radical (unpaired) electrons. The van der Waals surface area contributed by atoms with Crippen LogP contribution in [0.3, 0.4) is 0 Å². The molecule has 0 spiro atoms. The van der Waals surface area contributed by atoms with Crippen molar-refractivity contribution in [3.63, 3.8) is 0 Å². The highest BCUT2D eigenvalue weighted by Gasteiger charge is 2.25. The Balaban J connectivity index is 4.59. The van der Waals surface area contributed by atoms with Crippen LogP contribution in [0.15, 0.2) is 0 Å². The van der Waals surface area contributed by atoms with Crippen molar-refractivity contribution in [1.29, 1.82) is 0 Å². The summed E-state index contributed by atoms with van der Waals surface area (Å²) in [5.74, 6) is -0.511. The van der Waals surface area contributed by atoms with Gasteiger partial charge in [0.25, 0.3) is 0 Å². The average Bonchev–Trinajstić information content (AvgIpc) is 2.24. The standard InChI is InChI=1S/C10H22O4S2/c1-5-9(3)15(11,12)7-8-16(13,14)10(4)6-2/h9-10H,5-8H2,1-4H3. The fourth-order valence-corrected chi connectivity index (χ4v) is 4.82. The van der Waals surface area contributed by atoms with E-state index >= 15 is 0 Å². The summed E-state index contributed by atoms with van der Waals surface area (Å²) in [5, 5.41) is -0.917. The first-order valence-corrected chi connectivity index (χ1v) is 9.03. The van der Waals surface area contributed by atoms with Gasteiger partial charge in [0.1, 0.15) is 0 Å². The summed E-state index contributed by atoms with van der Waals surface area (Å²) in [6, 6.07) is 0. The highest BCUT2D eigenvalue weighted by atomic mass is 32.2. The zero-order valence-electron chi connectivity index (χ0n) is 10.4. The number of hydrogen-bond acceptors (Lipinski definition) is 4. The first-order chi connectivity index (χ1) is 7.17. The van der Waals surface area contributed by atoms with Crippen molar-refractivity contribution >= 4 is 19.7 Å². The van der Waals surface area contributed by atoms with Crippen LogP contribution in [-0.2, 0) is 19.7 Å². The minimum absolute atomic E-state index is 0.255. The maximum Gasteiger partial charge on any atom is 0.153 e. The second-order valence-corrected chi connectivity index (χ2v) is 9.25. The van der Waals surface area contributed by atoms with E-state index in [1.54, 1.807) is 27.7 Å². The quantitative estimate of drug-likeness (QED) is 0.701. The van der Waals surface area contributed by atoms with Crippen molar-refractivity contribution < 1.29 is 16.8 Å². The summed E-state index contributed by atoms with van der Waals surface area (Å²) in [6.07, 6.45) is 1.04. The highest BCUT2D eigenvalue weighted by molar-refractivity contribution is 7.95. The maximum absolute atomic E-state index is 11.7. The molecule has 0 aromatic carbocycles. The van der Waals surface area contributed by atoms with Gasteiger partial charge in [-0.25, -0.2) is 16.8 Å². The van der Waals surface area contributed by atoms with Crippen molar-refractivity contribution in [3.05, 3.63) is 0 Å². The molecule has 0 aliphatic heterocycles. The molecule has 2 unspecified atom stereocenters. The third-order valence-corrected chi connectivity index (χ3v) is 7.95. The number of sulfone groups is 2. The third kappa shape index (κ3) is 4.41. The van der Waals surface area contributed by atoms with E-state index in [1.807, 2.05) is 0 Å². The van der Waals surface area contributed by atoms with E-state index in [0.717, 1.165) is 0 Å². The summed E-state index contributed by atoms with van der Waals surface area (Å²) in [5.41, 5.74) is 0. The molecular formula is C10H22O4S2. The van der Waals surface area contributed by atoms with E-state index in [0.29, 0.717) is 12.8 Å². The van der Waals surface area contributed by atoms with Crippen LogP contribution in [0.5, 0.6) is 0 Å². The van der Waals surface area contributed by atoms with Gasteiger partial charge in [-0.15, -0.1) is 0 Å². The van der Waals surface area contributed by atoms with Crippen LogP contribution in [-0.4, -0.2) is 38.8 Å². The van der Waals surface area contributed by atoms with Crippen LogP contribution >= 0.6 is 0 Å². The lowest BCUT2D eigenvalue weighted by molar-refractivity contribution is 0.572. The van der Waals surface area contributed by atoms with E-state index in [1.165, 1.54) is 0 Å². The predicted molar refractivity (Wildman–Crippen MR) is 67.1 cm³/mol. The minimum atomic E-state index is -3.26. The smallest absolute Gasteiger partial charge is 0.153 e. The number of hydrogen-bond donors (Lipinski definition) is 0. The monoisotopic (exact) mass is 270 g/mol. The lowest BCUT2D eigenvalue weighted by atomic mass is 10.4. The second kappa shape index (κ2) is 6.00. The van der Waals surface area contributed by atoms with E-state index in [-0.39, 0.29) is 11.5 Å². The molecular weight excluding hydrogens is 248 g/mol. The molecule has 0 aliphatic carbocycles. The lowest BCUT2D eigenvalue weighted by Crippen LogP contribution is -2.29. The van der Waals surface area contributed by atoms with Crippen LogP contribution in [0.25, 0.3) is 0 Å². The molecule has 0 amide bonds. The van der Waals surface area contributed by atoms with Crippen LogP contribution in [0.4, 0.5) is 0 Å². The molecule has 0 aromatic rings. The molecule has 4 nitrogen and oxygen atoms in total. The van der Waals surface area contributed by atoms with Gasteiger partial charge in [0.15, 0.2) is 19.7 Å². The normalized spacial score (nSPS) is 17.0. The summed E-state index contributed by atoms with van der Waals surface area (Å²) in [4.78, 5) is 0. The summed E-state index contributed by atoms with van der Waals surface area (Å²) >= 11 is 0. The maximum atomic E-state index is 11.7. The lowest BCUT2D eigenvalue weighted by Gasteiger charge is -2.13. The highest BCUT2D eigenvalue weighted by Crippen LogP contribution is 2.10. The van der Waals surface area contributed by atoms with E-state index in [2.05, 4.69) is 0 Å². The van der Waals surface area contributed by atoms with Crippen molar-refractivity contribution in [3.8, 4) is 0 Å². The van der Waals surface area contributed by atoms with Gasteiger partial charge < -0.3 is 0 Å². The third-order valence-electron chi connectivity index (χ3n) is 3.03. The molecule has 0 heterocycles. The topological polar surface area (TPSA) is 68.3 Å². The molecule has 16 heavy (non-hydrogen) atoms. The van der Waals surface area contributed by atoms with Crippen LogP contribution in [0.1, 0.15) is 40.5 Å². The van der Waals surface area contributed by atoms with Gasteiger partial charge in [-0.1, -0.05) is 13.8 Å². The zero-order chi connectivity index (χ0) is 13.0. The fraction of sp³-hybridized carbons (Fsp3) is 1.00. The van der Waals surface area contributed by atoms with E-state index in [4.69, 9.17) is 0 Å². The second-order valence-electron chi connectivity index (χ2n) is 4.17. The van der Waals surface area contributed by atoms with Gasteiger partial charge in [-0.3, -0.25) is 0 Å². The zero-order valence-corrected chi connectivity index (χ0v) is 12.1. The van der Waals surface area contributed by atoms with Crippen molar-refractivity contribution in [2.75, 3.05) is 11.5 Å². The van der Waals surface area contributed by atoms with Crippen molar-refractivity contribution in [2.45, 2.75) is 51.0 Å². The Hall–Kier alpha value is -0.100. The Morgan fingerprint density at radius 1 is 0.750 bits per heavy atom. The molecule has 6 heteroatoms. The molecule has 0 rings (SSSR count). The van der Waals surface area contributed by atoms with Crippen LogP contribution in [0, 0.1) is 0 Å². The first-order valence-electron chi connectivity index (χ1n) is 5.60. The van der Waals surface area contributed by atoms with Gasteiger partial charge in [0.2, 0.25) is 0 Å². The van der Waals surface area contributed by atoms with Crippen molar-refractivity contribution in [1.82, 2.24) is 0 Å². The van der Waals surface area contributed by atoms with Gasteiger partial charge in [0, 0.05) is 0 Å². The largest absolute Gasteiger partial charge is 0.229 e. The minimum Gasteiger partial charge on any atom is -0.229 e. The Morgan fingerprint density at radius 3 is 1.19 bits per heavy atom. The van der Waals surface area contributed by atoms with Crippen LogP contribution in [0.2, 0.25) is 0 Å². The summed E-state index contributed by atoms with van der Waals surface area (Å²) in [6.45, 7) is 6.80. The molecule has 98 valence electrons. The average molecular weight is 270 g/mol. The Kier molecular flexibility index (Phi) is 5.96. The molecule has 0 aliphatic rings. The van der Waals surface area contributed by atoms with Gasteiger partial charge in [-0.2, -0.15) is 0 Å². The molecule has 0 N–H and O–H groups in total. The molecule has 0 bridgehead atoms. The molecule has 0 aromatic heterocycles. The van der Waals surface area contributed by atoms with Crippen LogP contribution < -0.4 is 0 Å².